The Balaban J connectivity index is 0. The predicted molar refractivity (Wildman–Crippen MR) is 22.2 cm³/mol. The van der Waals surface area contributed by atoms with E-state index in [9.17, 15) is 4.79 Å². The minimum atomic E-state index is 0. The normalized spacial score (nSPS) is 5.00. The van der Waals surface area contributed by atoms with E-state index in [0.717, 1.165) is 0 Å². The molecule has 3 heteroatoms. The van der Waals surface area contributed by atoms with Gasteiger partial charge < -0.3 is 0 Å². The van der Waals surface area contributed by atoms with Crippen LogP contribution >= 0.6 is 0 Å². The molecule has 0 rings (SSSR count). The van der Waals surface area contributed by atoms with Crippen LogP contribution < -0.4 is 0 Å². The molecule has 0 aliphatic rings. The molecule has 0 N–H and O–H groups in total. The van der Waals surface area contributed by atoms with Crippen LogP contribution in [0.5, 0.6) is 0 Å². The molecule has 0 heterocycles. The Morgan fingerprint density at radius 3 is 1.80 bits per heavy atom. The summed E-state index contributed by atoms with van der Waals surface area (Å²) in [6.07, 6.45) is 0. The fourth-order valence-corrected chi connectivity index (χ4v) is 0. The van der Waals surface area contributed by atoms with Gasteiger partial charge >= 0.3 is 32.4 Å². The van der Waals surface area contributed by atoms with Gasteiger partial charge in [0.2, 0.25) is 0 Å². The summed E-state index contributed by atoms with van der Waals surface area (Å²) in [4.78, 5) is 9.39. The molecule has 0 saturated heterocycles. The SMILES string of the molecule is CC(=O)[Se].[Se]. The minimum absolute atomic E-state index is 0. The smallest absolute Gasteiger partial charge is 0 e. The van der Waals surface area contributed by atoms with Gasteiger partial charge in [-0.3, -0.25) is 0 Å². The maximum atomic E-state index is 9.39. The summed E-state index contributed by atoms with van der Waals surface area (Å²) in [5, 5.41) is 0. The van der Waals surface area contributed by atoms with Gasteiger partial charge in [-0.15, -0.1) is 0 Å². The van der Waals surface area contributed by atoms with E-state index in [0.29, 0.717) is 0 Å². The zero-order valence-corrected chi connectivity index (χ0v) is 6.15. The first kappa shape index (κ1) is 9.20. The average molecular weight is 201 g/mol. The van der Waals surface area contributed by atoms with Crippen LogP contribution in [-0.2, 0) is 4.79 Å². The fourth-order valence-electron chi connectivity index (χ4n) is 0. The Hall–Kier alpha value is 0.709. The molecule has 0 aromatic carbocycles. The second kappa shape index (κ2) is 4.71. The van der Waals surface area contributed by atoms with Gasteiger partial charge in [0, 0.05) is 17.1 Å². The zero-order chi connectivity index (χ0) is 3.58. The summed E-state index contributed by atoms with van der Waals surface area (Å²) in [5.41, 5.74) is 0. The van der Waals surface area contributed by atoms with E-state index in [4.69, 9.17) is 0 Å². The summed E-state index contributed by atoms with van der Waals surface area (Å²) >= 11 is 2.26. The molecule has 0 aliphatic heterocycles. The first-order chi connectivity index (χ1) is 1.73. The second-order valence-electron chi connectivity index (χ2n) is 0.492. The van der Waals surface area contributed by atoms with E-state index < -0.39 is 0 Å². The number of hydrogen-bond donors (Lipinski definition) is 0. The van der Waals surface area contributed by atoms with Crippen LogP contribution in [0.15, 0.2) is 0 Å². The van der Waals surface area contributed by atoms with Crippen molar-refractivity contribution in [3.05, 3.63) is 0 Å². The standard InChI is InChI=1S/C2H3OSe.Se/c1-2(3)4;/h1H3;. The molecule has 3 radical (unpaired) electrons. The van der Waals surface area contributed by atoms with E-state index in [1.165, 1.54) is 6.92 Å². The number of rotatable bonds is 0. The van der Waals surface area contributed by atoms with Gasteiger partial charge in [-0.2, -0.15) is 0 Å². The van der Waals surface area contributed by atoms with Gasteiger partial charge in [0.05, 0.1) is 0 Å². The molecule has 29 valence electrons. The predicted octanol–water partition coefficient (Wildman–Crippen LogP) is -0.679. The second-order valence-corrected chi connectivity index (χ2v) is 1.70. The Morgan fingerprint density at radius 2 is 1.80 bits per heavy atom. The molecular formula is C2H3OSe2. The molecule has 1 nitrogen and oxygen atoms in total. The molecule has 0 aliphatic carbocycles. The molecule has 0 amide bonds. The van der Waals surface area contributed by atoms with Crippen molar-refractivity contribution in [1.82, 2.24) is 0 Å². The maximum Gasteiger partial charge on any atom is 0 e. The summed E-state index contributed by atoms with van der Waals surface area (Å²) in [6, 6.07) is 0. The summed E-state index contributed by atoms with van der Waals surface area (Å²) < 4.78 is 0.0417. The van der Waals surface area contributed by atoms with Crippen molar-refractivity contribution in [3.63, 3.8) is 0 Å². The van der Waals surface area contributed by atoms with Crippen molar-refractivity contribution in [2.24, 2.45) is 0 Å². The Labute approximate surface area is 49.8 Å². The van der Waals surface area contributed by atoms with E-state index in [1.54, 1.807) is 0 Å². The topological polar surface area (TPSA) is 17.1 Å². The van der Waals surface area contributed by atoms with E-state index in [-0.39, 0.29) is 21.8 Å². The zero-order valence-electron chi connectivity index (χ0n) is 2.72. The van der Waals surface area contributed by atoms with Crippen LogP contribution in [-0.4, -0.2) is 37.8 Å². The fraction of sp³-hybridized carbons (Fsp3) is 0.500. The van der Waals surface area contributed by atoms with Crippen LogP contribution in [0.1, 0.15) is 6.92 Å². The minimum Gasteiger partial charge on any atom is 0 e. The van der Waals surface area contributed by atoms with Crippen molar-refractivity contribution in [2.45, 2.75) is 6.92 Å². The molecule has 0 aromatic rings. The van der Waals surface area contributed by atoms with Crippen LogP contribution in [0, 0.1) is 0 Å². The largest absolute Gasteiger partial charge is 0 e. The summed E-state index contributed by atoms with van der Waals surface area (Å²) in [6.45, 7) is 1.47. The molecular weight excluding hydrogens is 198 g/mol. The summed E-state index contributed by atoms with van der Waals surface area (Å²) in [5.74, 6) is 0. The maximum absolute atomic E-state index is 9.39. The molecule has 0 unspecified atom stereocenters. The average Bonchev–Trinajstić information content (AvgIpc) is 0.811. The van der Waals surface area contributed by atoms with Gasteiger partial charge in [0.1, 0.15) is 0 Å². The van der Waals surface area contributed by atoms with Gasteiger partial charge in [0.25, 0.3) is 0 Å². The van der Waals surface area contributed by atoms with E-state index >= 15 is 0 Å². The monoisotopic (exact) mass is 203 g/mol. The Morgan fingerprint density at radius 1 is 1.80 bits per heavy atom. The third kappa shape index (κ3) is 68.8. The van der Waals surface area contributed by atoms with Crippen molar-refractivity contribution < 1.29 is 4.79 Å². The third-order valence-corrected chi connectivity index (χ3v) is 0. The first-order valence-electron chi connectivity index (χ1n) is 0.908. The van der Waals surface area contributed by atoms with Crippen molar-refractivity contribution in [2.75, 3.05) is 0 Å². The van der Waals surface area contributed by atoms with Crippen LogP contribution in [0.25, 0.3) is 0 Å². The first-order valence-corrected chi connectivity index (χ1v) is 1.76. The molecule has 5 heavy (non-hydrogen) atoms. The molecule has 0 aromatic heterocycles. The number of carbonyl (C=O) groups is 1. The van der Waals surface area contributed by atoms with Crippen molar-refractivity contribution >= 4 is 37.8 Å². The number of hydrogen-bond acceptors (Lipinski definition) is 1. The quantitative estimate of drug-likeness (QED) is 0.474. The molecule has 0 bridgehead atoms. The molecule has 0 fully saturated rings. The molecule has 0 atom stereocenters. The summed E-state index contributed by atoms with van der Waals surface area (Å²) in [7, 11) is 0. The van der Waals surface area contributed by atoms with Crippen molar-refractivity contribution in [1.29, 1.82) is 0 Å². The number of carbonyl (C=O) groups excluding carboxylic acids is 1. The molecule has 0 saturated carbocycles. The Bertz CT molecular complexity index is 30.6. The van der Waals surface area contributed by atoms with Gasteiger partial charge in [-0.25, -0.2) is 0 Å². The van der Waals surface area contributed by atoms with Crippen LogP contribution in [0.2, 0.25) is 0 Å². The van der Waals surface area contributed by atoms with Crippen LogP contribution in [0.3, 0.4) is 0 Å². The third-order valence-electron chi connectivity index (χ3n) is 0. The van der Waals surface area contributed by atoms with E-state index in [1.807, 2.05) is 0 Å². The van der Waals surface area contributed by atoms with Gasteiger partial charge in [-0.05, 0) is 0 Å². The Kier molecular flexibility index (Phi) is 8.67. The van der Waals surface area contributed by atoms with Gasteiger partial charge in [0.15, 0.2) is 0 Å². The molecule has 0 spiro atoms. The van der Waals surface area contributed by atoms with Crippen molar-refractivity contribution in [3.8, 4) is 0 Å². The van der Waals surface area contributed by atoms with Gasteiger partial charge in [-0.1, -0.05) is 0 Å². The van der Waals surface area contributed by atoms with E-state index in [2.05, 4.69) is 16.0 Å². The van der Waals surface area contributed by atoms with Crippen LogP contribution in [0.4, 0.5) is 0 Å².